The van der Waals surface area contributed by atoms with Crippen molar-refractivity contribution in [1.29, 1.82) is 0 Å². The first-order valence-electron chi connectivity index (χ1n) is 9.28. The van der Waals surface area contributed by atoms with Crippen molar-refractivity contribution in [3.8, 4) is 17.0 Å². The second kappa shape index (κ2) is 8.43. The van der Waals surface area contributed by atoms with Gasteiger partial charge in [0.1, 0.15) is 11.8 Å². The van der Waals surface area contributed by atoms with Crippen LogP contribution in [-0.4, -0.2) is 83.6 Å². The molecule has 8 nitrogen and oxygen atoms in total. The van der Waals surface area contributed by atoms with Crippen LogP contribution in [0.4, 0.5) is 0 Å². The van der Waals surface area contributed by atoms with Gasteiger partial charge in [0.2, 0.25) is 11.8 Å². The lowest BCUT2D eigenvalue weighted by molar-refractivity contribution is -0.146. The summed E-state index contributed by atoms with van der Waals surface area (Å²) < 4.78 is 5.22. The van der Waals surface area contributed by atoms with Crippen LogP contribution in [0, 0.1) is 0 Å². The zero-order valence-electron chi connectivity index (χ0n) is 16.8. The smallest absolute Gasteiger partial charge is 0.246 e. The third kappa shape index (κ3) is 4.17. The third-order valence-corrected chi connectivity index (χ3v) is 5.09. The van der Waals surface area contributed by atoms with E-state index >= 15 is 0 Å². The first-order valence-corrected chi connectivity index (χ1v) is 9.28. The monoisotopic (exact) mass is 385 g/mol. The molecule has 1 aromatic heterocycles. The van der Waals surface area contributed by atoms with Gasteiger partial charge in [0.25, 0.3) is 0 Å². The first-order chi connectivity index (χ1) is 13.4. The number of piperazine rings is 1. The van der Waals surface area contributed by atoms with Crippen molar-refractivity contribution in [3.05, 3.63) is 36.0 Å². The number of nitrogens with one attached hydrogen (secondary N) is 1. The number of likely N-dealkylation sites (N-methyl/N-ethyl adjacent to an activating group) is 1. The lowest BCUT2D eigenvalue weighted by atomic mass is 10.1. The van der Waals surface area contributed by atoms with Crippen LogP contribution in [0.5, 0.6) is 5.75 Å². The Balaban J connectivity index is 1.76. The summed E-state index contributed by atoms with van der Waals surface area (Å²) in [7, 11) is 5.08. The highest BCUT2D eigenvalue weighted by molar-refractivity contribution is 5.87. The van der Waals surface area contributed by atoms with Gasteiger partial charge in [0.15, 0.2) is 0 Å². The maximum absolute atomic E-state index is 12.6. The van der Waals surface area contributed by atoms with Crippen LogP contribution < -0.4 is 4.74 Å². The molecule has 2 amide bonds. The van der Waals surface area contributed by atoms with Crippen molar-refractivity contribution in [2.45, 2.75) is 19.5 Å². The highest BCUT2D eigenvalue weighted by Gasteiger charge is 2.35. The molecule has 8 heteroatoms. The van der Waals surface area contributed by atoms with Gasteiger partial charge in [-0.2, -0.15) is 5.10 Å². The predicted molar refractivity (Wildman–Crippen MR) is 106 cm³/mol. The molecule has 28 heavy (non-hydrogen) atoms. The van der Waals surface area contributed by atoms with Gasteiger partial charge in [0, 0.05) is 58.3 Å². The Hall–Kier alpha value is -2.87. The van der Waals surface area contributed by atoms with Gasteiger partial charge in [-0.3, -0.25) is 19.6 Å². The zero-order chi connectivity index (χ0) is 20.3. The summed E-state index contributed by atoms with van der Waals surface area (Å²) in [5.74, 6) is 0.680. The number of aromatic nitrogens is 2. The van der Waals surface area contributed by atoms with E-state index in [9.17, 15) is 9.59 Å². The van der Waals surface area contributed by atoms with Gasteiger partial charge in [0.05, 0.1) is 19.0 Å². The van der Waals surface area contributed by atoms with Gasteiger partial charge in [-0.15, -0.1) is 0 Å². The number of rotatable bonds is 5. The Kier molecular flexibility index (Phi) is 5.99. The number of H-pyrrole nitrogens is 1. The summed E-state index contributed by atoms with van der Waals surface area (Å²) in [5.41, 5.74) is 3.03. The molecule has 0 bridgehead atoms. The fraction of sp³-hybridized carbons (Fsp3) is 0.450. The summed E-state index contributed by atoms with van der Waals surface area (Å²) in [6.45, 7) is 3.92. The maximum atomic E-state index is 12.6. The summed E-state index contributed by atoms with van der Waals surface area (Å²) >= 11 is 0. The van der Waals surface area contributed by atoms with Crippen LogP contribution in [0.15, 0.2) is 30.5 Å². The van der Waals surface area contributed by atoms with Crippen LogP contribution in [0.1, 0.15) is 12.5 Å². The van der Waals surface area contributed by atoms with Crippen molar-refractivity contribution in [2.24, 2.45) is 0 Å². The number of methoxy groups -OCH3 is 1. The second-order valence-electron chi connectivity index (χ2n) is 7.19. The number of hydrogen-bond donors (Lipinski definition) is 1. The zero-order valence-corrected chi connectivity index (χ0v) is 16.8. The minimum absolute atomic E-state index is 0.0533. The van der Waals surface area contributed by atoms with Crippen LogP contribution >= 0.6 is 0 Å². The van der Waals surface area contributed by atoms with E-state index in [1.165, 1.54) is 6.92 Å². The summed E-state index contributed by atoms with van der Waals surface area (Å²) in [6.07, 6.45) is 1.82. The molecule has 0 spiro atoms. The topological polar surface area (TPSA) is 81.8 Å². The highest BCUT2D eigenvalue weighted by Crippen LogP contribution is 2.25. The average Bonchev–Trinajstić information content (AvgIpc) is 3.15. The van der Waals surface area contributed by atoms with Gasteiger partial charge >= 0.3 is 0 Å². The highest BCUT2D eigenvalue weighted by atomic mass is 16.5. The molecular weight excluding hydrogens is 358 g/mol. The van der Waals surface area contributed by atoms with Crippen molar-refractivity contribution in [1.82, 2.24) is 24.9 Å². The summed E-state index contributed by atoms with van der Waals surface area (Å²) in [6, 6.07) is 7.34. The fourth-order valence-electron chi connectivity index (χ4n) is 3.55. The number of carbonyl (C=O) groups is 2. The molecule has 150 valence electrons. The van der Waals surface area contributed by atoms with E-state index in [1.54, 1.807) is 31.0 Å². The number of amides is 2. The van der Waals surface area contributed by atoms with E-state index in [-0.39, 0.29) is 11.8 Å². The van der Waals surface area contributed by atoms with E-state index in [0.29, 0.717) is 26.2 Å². The molecular formula is C20H27N5O3. The van der Waals surface area contributed by atoms with Crippen molar-refractivity contribution in [3.63, 3.8) is 0 Å². The Labute approximate surface area is 165 Å². The predicted octanol–water partition coefficient (Wildman–Crippen LogP) is 1.21. The van der Waals surface area contributed by atoms with E-state index in [0.717, 1.165) is 22.6 Å². The van der Waals surface area contributed by atoms with Crippen molar-refractivity contribution in [2.75, 3.05) is 40.8 Å². The molecule has 2 heterocycles. The van der Waals surface area contributed by atoms with Gasteiger partial charge in [-0.05, 0) is 24.3 Å². The van der Waals surface area contributed by atoms with E-state index in [2.05, 4.69) is 15.1 Å². The van der Waals surface area contributed by atoms with E-state index in [4.69, 9.17) is 4.74 Å². The maximum Gasteiger partial charge on any atom is 0.246 e. The van der Waals surface area contributed by atoms with E-state index < -0.39 is 6.04 Å². The Bertz CT molecular complexity index is 831. The number of hydrogen-bond acceptors (Lipinski definition) is 5. The quantitative estimate of drug-likeness (QED) is 0.837. The first kappa shape index (κ1) is 19.9. The molecule has 1 aliphatic heterocycles. The molecule has 1 aromatic carbocycles. The minimum Gasteiger partial charge on any atom is -0.497 e. The standard InChI is InChI=1S/C20H27N5O3/c1-14(26)25-10-9-24(13-18(25)20(27)23(2)3)12-16-11-21-22-19(16)15-5-7-17(28-4)8-6-15/h5-8,11,18H,9-10,12-13H2,1-4H3,(H,21,22)/t18-/m1/s1. The number of benzene rings is 1. The van der Waals surface area contributed by atoms with Crippen LogP contribution in [0.25, 0.3) is 11.3 Å². The Morgan fingerprint density at radius 3 is 2.57 bits per heavy atom. The molecule has 1 fully saturated rings. The molecule has 1 atom stereocenters. The van der Waals surface area contributed by atoms with Crippen LogP contribution in [0.3, 0.4) is 0 Å². The molecule has 3 rings (SSSR count). The summed E-state index contributed by atoms with van der Waals surface area (Å²) in [5, 5.41) is 7.28. The lowest BCUT2D eigenvalue weighted by Crippen LogP contribution is -2.59. The van der Waals surface area contributed by atoms with Crippen LogP contribution in [-0.2, 0) is 16.1 Å². The fourth-order valence-corrected chi connectivity index (χ4v) is 3.55. The number of ether oxygens (including phenoxy) is 1. The number of aromatic amines is 1. The SMILES string of the molecule is COc1ccc(-c2[nH]ncc2CN2CCN(C(C)=O)[C@@H](C(=O)N(C)C)C2)cc1. The van der Waals surface area contributed by atoms with Crippen LogP contribution in [0.2, 0.25) is 0 Å². The molecule has 0 aliphatic carbocycles. The Morgan fingerprint density at radius 2 is 1.96 bits per heavy atom. The van der Waals surface area contributed by atoms with E-state index in [1.807, 2.05) is 30.5 Å². The van der Waals surface area contributed by atoms with Crippen molar-refractivity contribution < 1.29 is 14.3 Å². The normalized spacial score (nSPS) is 17.4. The molecule has 0 unspecified atom stereocenters. The molecule has 1 aliphatic rings. The lowest BCUT2D eigenvalue weighted by Gasteiger charge is -2.41. The third-order valence-electron chi connectivity index (χ3n) is 5.09. The molecule has 1 saturated heterocycles. The second-order valence-corrected chi connectivity index (χ2v) is 7.19. The van der Waals surface area contributed by atoms with Gasteiger partial charge in [-0.25, -0.2) is 0 Å². The molecule has 2 aromatic rings. The molecule has 0 radical (unpaired) electrons. The number of carbonyl (C=O) groups excluding carboxylic acids is 2. The minimum atomic E-state index is -0.461. The molecule has 0 saturated carbocycles. The number of nitrogens with zero attached hydrogens (tertiary/aromatic N) is 4. The van der Waals surface area contributed by atoms with Gasteiger partial charge in [-0.1, -0.05) is 0 Å². The Morgan fingerprint density at radius 1 is 1.25 bits per heavy atom. The largest absolute Gasteiger partial charge is 0.497 e. The van der Waals surface area contributed by atoms with Crippen molar-refractivity contribution >= 4 is 11.8 Å². The average molecular weight is 385 g/mol. The summed E-state index contributed by atoms with van der Waals surface area (Å²) in [4.78, 5) is 30.0. The molecule has 1 N–H and O–H groups in total. The van der Waals surface area contributed by atoms with Gasteiger partial charge < -0.3 is 14.5 Å².